The second kappa shape index (κ2) is 7.65. The minimum absolute atomic E-state index is 0.110. The SMILES string of the molecule is FC(F)(F)c1ccc(N2CC[C@H](OCCN3CCCCC3)C2)nn1. The lowest BCUT2D eigenvalue weighted by molar-refractivity contribution is -0.141. The molecule has 0 spiro atoms. The highest BCUT2D eigenvalue weighted by atomic mass is 19.4. The largest absolute Gasteiger partial charge is 0.435 e. The van der Waals surface area contributed by atoms with Crippen LogP contribution in [0.15, 0.2) is 12.1 Å². The number of rotatable bonds is 5. The van der Waals surface area contributed by atoms with Gasteiger partial charge in [-0.1, -0.05) is 6.42 Å². The molecule has 1 atom stereocenters. The molecule has 3 heterocycles. The highest BCUT2D eigenvalue weighted by Gasteiger charge is 2.33. The fourth-order valence-electron chi connectivity index (χ4n) is 3.25. The molecule has 1 aromatic rings. The molecule has 0 aliphatic carbocycles. The van der Waals surface area contributed by atoms with E-state index in [9.17, 15) is 13.2 Å². The van der Waals surface area contributed by atoms with Crippen molar-refractivity contribution in [3.05, 3.63) is 17.8 Å². The third-order valence-corrected chi connectivity index (χ3v) is 4.62. The Balaban J connectivity index is 1.43. The molecule has 0 radical (unpaired) electrons. The molecule has 2 saturated heterocycles. The van der Waals surface area contributed by atoms with Crippen LogP contribution in [0.5, 0.6) is 0 Å². The van der Waals surface area contributed by atoms with Gasteiger partial charge in [0, 0.05) is 19.6 Å². The van der Waals surface area contributed by atoms with Gasteiger partial charge < -0.3 is 14.5 Å². The van der Waals surface area contributed by atoms with Gasteiger partial charge in [0.05, 0.1) is 12.7 Å². The van der Waals surface area contributed by atoms with E-state index in [0.29, 0.717) is 19.0 Å². The topological polar surface area (TPSA) is 41.5 Å². The molecule has 24 heavy (non-hydrogen) atoms. The average molecular weight is 344 g/mol. The first-order chi connectivity index (χ1) is 11.5. The lowest BCUT2D eigenvalue weighted by atomic mass is 10.1. The number of nitrogens with zero attached hydrogens (tertiary/aromatic N) is 4. The second-order valence-corrected chi connectivity index (χ2v) is 6.40. The molecule has 8 heteroatoms. The van der Waals surface area contributed by atoms with Gasteiger partial charge in [-0.25, -0.2) is 0 Å². The number of likely N-dealkylation sites (tertiary alicyclic amines) is 1. The number of anilines is 1. The van der Waals surface area contributed by atoms with Crippen LogP contribution in [0.3, 0.4) is 0 Å². The Labute approximate surface area is 139 Å². The lowest BCUT2D eigenvalue weighted by Gasteiger charge is -2.26. The first kappa shape index (κ1) is 17.4. The summed E-state index contributed by atoms with van der Waals surface area (Å²) in [5.74, 6) is 0.477. The van der Waals surface area contributed by atoms with Crippen LogP contribution in [0.1, 0.15) is 31.4 Å². The van der Waals surface area contributed by atoms with E-state index in [1.807, 2.05) is 4.90 Å². The van der Waals surface area contributed by atoms with Crippen LogP contribution >= 0.6 is 0 Å². The van der Waals surface area contributed by atoms with Gasteiger partial charge in [0.15, 0.2) is 11.5 Å². The highest BCUT2D eigenvalue weighted by Crippen LogP contribution is 2.28. The van der Waals surface area contributed by atoms with Crippen molar-refractivity contribution in [1.82, 2.24) is 15.1 Å². The Bertz CT molecular complexity index is 517. The van der Waals surface area contributed by atoms with Crippen LogP contribution < -0.4 is 4.90 Å². The van der Waals surface area contributed by atoms with Gasteiger partial charge in [0.1, 0.15) is 0 Å². The first-order valence-electron chi connectivity index (χ1n) is 8.52. The summed E-state index contributed by atoms with van der Waals surface area (Å²) in [4.78, 5) is 4.36. The van der Waals surface area contributed by atoms with E-state index in [1.54, 1.807) is 0 Å². The molecule has 2 fully saturated rings. The first-order valence-corrected chi connectivity index (χ1v) is 8.52. The van der Waals surface area contributed by atoms with E-state index < -0.39 is 11.9 Å². The Hall–Kier alpha value is -1.41. The number of ether oxygens (including phenoxy) is 1. The maximum atomic E-state index is 12.5. The molecule has 0 saturated carbocycles. The van der Waals surface area contributed by atoms with E-state index in [-0.39, 0.29) is 6.10 Å². The van der Waals surface area contributed by atoms with Crippen molar-refractivity contribution >= 4 is 5.82 Å². The van der Waals surface area contributed by atoms with Crippen molar-refractivity contribution in [2.24, 2.45) is 0 Å². The standard InChI is InChI=1S/C16H23F3N4O/c17-16(18,19)14-4-5-15(21-20-14)23-9-6-13(12-23)24-11-10-22-7-2-1-3-8-22/h4-5,13H,1-3,6-12H2/t13-/m0/s1. The molecular formula is C16H23F3N4O. The van der Waals surface area contributed by atoms with Crippen molar-refractivity contribution < 1.29 is 17.9 Å². The molecular weight excluding hydrogens is 321 g/mol. The van der Waals surface area contributed by atoms with Crippen LogP contribution in [-0.4, -0.2) is 60.5 Å². The summed E-state index contributed by atoms with van der Waals surface area (Å²) in [5.41, 5.74) is -0.959. The number of hydrogen-bond donors (Lipinski definition) is 0. The van der Waals surface area contributed by atoms with Crippen LogP contribution in [0.4, 0.5) is 19.0 Å². The quantitative estimate of drug-likeness (QED) is 0.821. The maximum absolute atomic E-state index is 12.5. The fraction of sp³-hybridized carbons (Fsp3) is 0.750. The van der Waals surface area contributed by atoms with E-state index >= 15 is 0 Å². The van der Waals surface area contributed by atoms with E-state index in [2.05, 4.69) is 15.1 Å². The van der Waals surface area contributed by atoms with Crippen LogP contribution in [-0.2, 0) is 10.9 Å². The summed E-state index contributed by atoms with van der Waals surface area (Å²) in [5, 5.41) is 6.99. The Kier molecular flexibility index (Phi) is 5.55. The van der Waals surface area contributed by atoms with E-state index in [0.717, 1.165) is 38.7 Å². The predicted molar refractivity (Wildman–Crippen MR) is 83.9 cm³/mol. The molecule has 1 aromatic heterocycles. The molecule has 0 N–H and O–H groups in total. The molecule has 0 unspecified atom stereocenters. The van der Waals surface area contributed by atoms with Crippen molar-refractivity contribution in [2.75, 3.05) is 44.2 Å². The van der Waals surface area contributed by atoms with Gasteiger partial charge in [-0.2, -0.15) is 13.2 Å². The molecule has 2 aliphatic rings. The summed E-state index contributed by atoms with van der Waals surface area (Å²) >= 11 is 0. The summed E-state index contributed by atoms with van der Waals surface area (Å²) in [7, 11) is 0. The summed E-state index contributed by atoms with van der Waals surface area (Å²) in [6.07, 6.45) is 0.384. The van der Waals surface area contributed by atoms with Crippen LogP contribution in [0, 0.1) is 0 Å². The Morgan fingerprint density at radius 2 is 1.88 bits per heavy atom. The van der Waals surface area contributed by atoms with Gasteiger partial charge in [-0.05, 0) is 44.5 Å². The van der Waals surface area contributed by atoms with E-state index in [4.69, 9.17) is 4.74 Å². The molecule has 0 bridgehead atoms. The molecule has 134 valence electrons. The van der Waals surface area contributed by atoms with Crippen molar-refractivity contribution in [3.63, 3.8) is 0 Å². The molecule has 0 amide bonds. The maximum Gasteiger partial charge on any atom is 0.435 e. The zero-order valence-electron chi connectivity index (χ0n) is 13.6. The Morgan fingerprint density at radius 1 is 1.08 bits per heavy atom. The number of aromatic nitrogens is 2. The molecule has 3 rings (SSSR count). The van der Waals surface area contributed by atoms with E-state index in [1.165, 1.54) is 25.3 Å². The third-order valence-electron chi connectivity index (χ3n) is 4.62. The smallest absolute Gasteiger partial charge is 0.375 e. The molecule has 5 nitrogen and oxygen atoms in total. The van der Waals surface area contributed by atoms with Gasteiger partial charge in [0.2, 0.25) is 0 Å². The van der Waals surface area contributed by atoms with Gasteiger partial charge in [-0.3, -0.25) is 0 Å². The van der Waals surface area contributed by atoms with Crippen LogP contribution in [0.2, 0.25) is 0 Å². The fourth-order valence-corrected chi connectivity index (χ4v) is 3.25. The average Bonchev–Trinajstić information content (AvgIpc) is 3.04. The number of hydrogen-bond acceptors (Lipinski definition) is 5. The van der Waals surface area contributed by atoms with Crippen molar-refractivity contribution in [2.45, 2.75) is 38.0 Å². The minimum atomic E-state index is -4.45. The monoisotopic (exact) mass is 344 g/mol. The van der Waals surface area contributed by atoms with Gasteiger partial charge in [0.25, 0.3) is 0 Å². The van der Waals surface area contributed by atoms with Crippen molar-refractivity contribution in [3.8, 4) is 0 Å². The minimum Gasteiger partial charge on any atom is -0.375 e. The Morgan fingerprint density at radius 3 is 2.54 bits per heavy atom. The normalized spacial score (nSPS) is 23.0. The van der Waals surface area contributed by atoms with Gasteiger partial charge >= 0.3 is 6.18 Å². The lowest BCUT2D eigenvalue weighted by Crippen LogP contribution is -2.34. The second-order valence-electron chi connectivity index (χ2n) is 6.40. The third kappa shape index (κ3) is 4.57. The van der Waals surface area contributed by atoms with Crippen molar-refractivity contribution in [1.29, 1.82) is 0 Å². The zero-order valence-corrected chi connectivity index (χ0v) is 13.6. The summed E-state index contributed by atoms with van der Waals surface area (Å²) in [6, 6.07) is 2.36. The highest BCUT2D eigenvalue weighted by molar-refractivity contribution is 5.39. The number of piperidine rings is 1. The predicted octanol–water partition coefficient (Wildman–Crippen LogP) is 2.58. The molecule has 2 aliphatic heterocycles. The number of halogens is 3. The zero-order chi connectivity index (χ0) is 17.0. The van der Waals surface area contributed by atoms with Gasteiger partial charge in [-0.15, -0.1) is 10.2 Å². The summed E-state index contributed by atoms with van der Waals surface area (Å²) < 4.78 is 43.5. The summed E-state index contributed by atoms with van der Waals surface area (Å²) in [6.45, 7) is 5.35. The molecule has 0 aromatic carbocycles. The van der Waals surface area contributed by atoms with Crippen LogP contribution in [0.25, 0.3) is 0 Å². The number of alkyl halides is 3.